The predicted octanol–water partition coefficient (Wildman–Crippen LogP) is 3.90. The quantitative estimate of drug-likeness (QED) is 0.525. The number of aromatic hydroxyl groups is 1. The highest BCUT2D eigenvalue weighted by molar-refractivity contribution is 8.27. The monoisotopic (exact) mass is 431 g/mol. The number of hydrogen-bond acceptors (Lipinski definition) is 7. The largest absolute Gasteiger partial charge is 0.507 e. The normalized spacial score (nSPS) is 15.1. The van der Waals surface area contributed by atoms with Crippen LogP contribution in [0.15, 0.2) is 41.3 Å². The number of anilines is 1. The van der Waals surface area contributed by atoms with Gasteiger partial charge in [-0.2, -0.15) is 0 Å². The van der Waals surface area contributed by atoms with Crippen LogP contribution < -0.4 is 14.4 Å². The summed E-state index contributed by atoms with van der Waals surface area (Å²) >= 11 is 6.42. The number of thioether (sulfide) groups is 1. The smallest absolute Gasteiger partial charge is 0.339 e. The second-order valence-corrected chi connectivity index (χ2v) is 7.54. The SMILES string of the molecule is CCOc1ccc(C=C2SC(=S)N(c3ccc(O)c(C(=O)O)c3)C2=O)cc1OC. The van der Waals surface area contributed by atoms with Crippen LogP contribution in [-0.2, 0) is 4.79 Å². The van der Waals surface area contributed by atoms with Crippen molar-refractivity contribution < 1.29 is 29.3 Å². The van der Waals surface area contributed by atoms with Crippen molar-refractivity contribution in [1.29, 1.82) is 0 Å². The molecule has 1 fully saturated rings. The van der Waals surface area contributed by atoms with Gasteiger partial charge in [-0.15, -0.1) is 0 Å². The molecule has 0 bridgehead atoms. The van der Waals surface area contributed by atoms with Crippen LogP contribution in [0.4, 0.5) is 5.69 Å². The third-order valence-electron chi connectivity index (χ3n) is 4.05. The summed E-state index contributed by atoms with van der Waals surface area (Å²) in [5.41, 5.74) is 0.690. The van der Waals surface area contributed by atoms with Gasteiger partial charge in [0.1, 0.15) is 11.3 Å². The van der Waals surface area contributed by atoms with Gasteiger partial charge in [0, 0.05) is 0 Å². The van der Waals surface area contributed by atoms with Gasteiger partial charge in [0.05, 0.1) is 24.3 Å². The molecule has 2 N–H and O–H groups in total. The lowest BCUT2D eigenvalue weighted by atomic mass is 10.1. The third-order valence-corrected chi connectivity index (χ3v) is 5.35. The molecule has 0 unspecified atom stereocenters. The van der Waals surface area contributed by atoms with E-state index in [9.17, 15) is 19.8 Å². The minimum atomic E-state index is -1.30. The van der Waals surface area contributed by atoms with Crippen LogP contribution in [0.2, 0.25) is 0 Å². The summed E-state index contributed by atoms with van der Waals surface area (Å²) in [6.07, 6.45) is 1.68. The molecule has 0 saturated carbocycles. The maximum atomic E-state index is 12.9. The zero-order chi connectivity index (χ0) is 21.1. The number of carboxylic acid groups (broad SMARTS) is 1. The Bertz CT molecular complexity index is 1030. The molecule has 0 spiro atoms. The van der Waals surface area contributed by atoms with Gasteiger partial charge in [-0.05, 0) is 48.9 Å². The van der Waals surface area contributed by atoms with Gasteiger partial charge in [0.25, 0.3) is 5.91 Å². The topological polar surface area (TPSA) is 96.3 Å². The van der Waals surface area contributed by atoms with Gasteiger partial charge < -0.3 is 19.7 Å². The minimum Gasteiger partial charge on any atom is -0.507 e. The van der Waals surface area contributed by atoms with Crippen LogP contribution in [0.3, 0.4) is 0 Å². The van der Waals surface area contributed by atoms with Crippen molar-refractivity contribution >= 4 is 51.9 Å². The fraction of sp³-hybridized carbons (Fsp3) is 0.150. The van der Waals surface area contributed by atoms with E-state index in [2.05, 4.69) is 0 Å². The van der Waals surface area contributed by atoms with Gasteiger partial charge in [0.2, 0.25) is 0 Å². The zero-order valence-corrected chi connectivity index (χ0v) is 17.2. The Morgan fingerprint density at radius 3 is 2.66 bits per heavy atom. The first-order valence-corrected chi connectivity index (χ1v) is 9.73. The fourth-order valence-corrected chi connectivity index (χ4v) is 4.02. The van der Waals surface area contributed by atoms with E-state index in [4.69, 9.17) is 21.7 Å². The van der Waals surface area contributed by atoms with Crippen LogP contribution in [0.5, 0.6) is 17.2 Å². The molecular weight excluding hydrogens is 414 g/mol. The van der Waals surface area contributed by atoms with E-state index in [1.807, 2.05) is 6.92 Å². The van der Waals surface area contributed by atoms with Crippen molar-refractivity contribution in [2.24, 2.45) is 0 Å². The van der Waals surface area contributed by atoms with Gasteiger partial charge in [-0.25, -0.2) is 4.79 Å². The van der Waals surface area contributed by atoms with E-state index in [-0.39, 0.29) is 27.2 Å². The van der Waals surface area contributed by atoms with E-state index < -0.39 is 5.97 Å². The number of benzene rings is 2. The van der Waals surface area contributed by atoms with E-state index in [0.29, 0.717) is 23.0 Å². The zero-order valence-electron chi connectivity index (χ0n) is 15.5. The second-order valence-electron chi connectivity index (χ2n) is 5.87. The number of phenols is 1. The van der Waals surface area contributed by atoms with Crippen LogP contribution in [0.1, 0.15) is 22.8 Å². The molecule has 1 aliphatic heterocycles. The van der Waals surface area contributed by atoms with E-state index >= 15 is 0 Å². The summed E-state index contributed by atoms with van der Waals surface area (Å²) in [7, 11) is 1.53. The van der Waals surface area contributed by atoms with Crippen LogP contribution in [0, 0.1) is 0 Å². The lowest BCUT2D eigenvalue weighted by Crippen LogP contribution is -2.27. The van der Waals surface area contributed by atoms with Gasteiger partial charge in [0.15, 0.2) is 15.8 Å². The number of ether oxygens (including phenoxy) is 2. The number of nitrogens with zero attached hydrogens (tertiary/aromatic N) is 1. The lowest BCUT2D eigenvalue weighted by molar-refractivity contribution is -0.113. The average molecular weight is 431 g/mol. The van der Waals surface area contributed by atoms with Crippen molar-refractivity contribution in [1.82, 2.24) is 0 Å². The molecule has 3 rings (SSSR count). The van der Waals surface area contributed by atoms with Crippen molar-refractivity contribution in [3.63, 3.8) is 0 Å². The highest BCUT2D eigenvalue weighted by Gasteiger charge is 2.34. The van der Waals surface area contributed by atoms with Gasteiger partial charge in [-0.1, -0.05) is 30.0 Å². The Balaban J connectivity index is 1.93. The number of hydrogen-bond donors (Lipinski definition) is 2. The summed E-state index contributed by atoms with van der Waals surface area (Å²) in [5, 5.41) is 18.9. The highest BCUT2D eigenvalue weighted by Crippen LogP contribution is 2.38. The molecule has 0 aliphatic carbocycles. The van der Waals surface area contributed by atoms with Crippen LogP contribution in [0.25, 0.3) is 6.08 Å². The number of aromatic carboxylic acids is 1. The Hall–Kier alpha value is -3.04. The third kappa shape index (κ3) is 4.20. The van der Waals surface area contributed by atoms with E-state index in [1.165, 1.54) is 30.2 Å². The number of methoxy groups -OCH3 is 1. The predicted molar refractivity (Wildman–Crippen MR) is 115 cm³/mol. The molecule has 2 aromatic carbocycles. The first kappa shape index (κ1) is 20.7. The van der Waals surface area contributed by atoms with Crippen molar-refractivity contribution in [3.05, 3.63) is 52.4 Å². The van der Waals surface area contributed by atoms with Crippen LogP contribution in [-0.4, -0.2) is 40.1 Å². The number of rotatable bonds is 6. The second kappa shape index (κ2) is 8.54. The Kier molecular flexibility index (Phi) is 6.09. The maximum absolute atomic E-state index is 12.9. The molecule has 29 heavy (non-hydrogen) atoms. The summed E-state index contributed by atoms with van der Waals surface area (Å²) < 4.78 is 11.1. The molecule has 9 heteroatoms. The number of carboxylic acids is 1. The highest BCUT2D eigenvalue weighted by atomic mass is 32.2. The Labute approximate surface area is 176 Å². The molecule has 1 amide bonds. The molecule has 2 aromatic rings. The summed E-state index contributed by atoms with van der Waals surface area (Å²) in [6, 6.07) is 9.18. The standard InChI is InChI=1S/C20H17NO6S2/c1-3-27-15-7-4-11(8-16(15)26-2)9-17-18(23)21(20(28)29-17)12-5-6-14(22)13(10-12)19(24)25/h4-10,22H,3H2,1-2H3,(H,24,25). The molecule has 0 atom stereocenters. The van der Waals surface area contributed by atoms with Crippen molar-refractivity contribution in [3.8, 4) is 17.2 Å². The molecule has 1 aliphatic rings. The fourth-order valence-electron chi connectivity index (χ4n) is 2.72. The molecule has 1 saturated heterocycles. The average Bonchev–Trinajstić information content (AvgIpc) is 2.96. The summed E-state index contributed by atoms with van der Waals surface area (Å²) in [5.74, 6) is -0.920. The Morgan fingerprint density at radius 2 is 2.00 bits per heavy atom. The molecule has 1 heterocycles. The molecule has 0 radical (unpaired) electrons. The molecule has 7 nitrogen and oxygen atoms in total. The number of carbonyl (C=O) groups excluding carboxylic acids is 1. The number of carbonyl (C=O) groups is 2. The molecular formula is C20H17NO6S2. The maximum Gasteiger partial charge on any atom is 0.339 e. The van der Waals surface area contributed by atoms with E-state index in [0.717, 1.165) is 17.3 Å². The van der Waals surface area contributed by atoms with Crippen LogP contribution >= 0.6 is 24.0 Å². The first-order valence-electron chi connectivity index (χ1n) is 8.50. The van der Waals surface area contributed by atoms with Crippen molar-refractivity contribution in [2.75, 3.05) is 18.6 Å². The number of amides is 1. The summed E-state index contributed by atoms with van der Waals surface area (Å²) in [4.78, 5) is 25.8. The number of thiocarbonyl (C=S) groups is 1. The van der Waals surface area contributed by atoms with Gasteiger partial charge in [-0.3, -0.25) is 9.69 Å². The lowest BCUT2D eigenvalue weighted by Gasteiger charge is -2.15. The Morgan fingerprint density at radius 1 is 1.24 bits per heavy atom. The van der Waals surface area contributed by atoms with E-state index in [1.54, 1.807) is 24.3 Å². The first-order chi connectivity index (χ1) is 13.8. The van der Waals surface area contributed by atoms with Gasteiger partial charge >= 0.3 is 5.97 Å². The van der Waals surface area contributed by atoms with Crippen molar-refractivity contribution in [2.45, 2.75) is 6.92 Å². The minimum absolute atomic E-state index is 0.265. The summed E-state index contributed by atoms with van der Waals surface area (Å²) in [6.45, 7) is 2.37. The molecule has 150 valence electrons. The molecule has 0 aromatic heterocycles.